The zero-order valence-electron chi connectivity index (χ0n) is 14.4. The number of fused-ring (bicyclic) bond motifs is 5. The van der Waals surface area contributed by atoms with Crippen molar-refractivity contribution in [1.29, 1.82) is 0 Å². The molecule has 0 aromatic carbocycles. The Labute approximate surface area is 169 Å². The summed E-state index contributed by atoms with van der Waals surface area (Å²) in [5, 5.41) is 3.21. The first-order chi connectivity index (χ1) is 13.5. The summed E-state index contributed by atoms with van der Waals surface area (Å²) in [4.78, 5) is 23.5. The number of nitrogens with one attached hydrogen (secondary N) is 2. The number of carbonyl (C=O) groups is 1. The second-order valence-corrected chi connectivity index (χ2v) is 7.45. The molecule has 0 unspecified atom stereocenters. The summed E-state index contributed by atoms with van der Waals surface area (Å²) in [6.07, 6.45) is 4.84. The molecule has 4 heterocycles. The van der Waals surface area contributed by atoms with Gasteiger partial charge in [0.2, 0.25) is 0 Å². The molecular weight excluding hydrogens is 406 g/mol. The number of halogens is 3. The smallest absolute Gasteiger partial charge is 0.256 e. The van der Waals surface area contributed by atoms with E-state index in [2.05, 4.69) is 20.3 Å². The molecule has 1 amide bonds. The molecule has 0 bridgehead atoms. The lowest BCUT2D eigenvalue weighted by atomic mass is 9.88. The number of aryl methyl sites for hydroxylation is 1. The van der Waals surface area contributed by atoms with Crippen molar-refractivity contribution in [2.45, 2.75) is 19.3 Å². The second-order valence-electron chi connectivity index (χ2n) is 6.66. The molecular formula is C19H13Cl2FN4O2. The number of H-pyrrole nitrogens is 1. The third kappa shape index (κ3) is 2.65. The van der Waals surface area contributed by atoms with Gasteiger partial charge in [0.05, 0.1) is 17.5 Å². The third-order valence-corrected chi connectivity index (χ3v) is 5.51. The summed E-state index contributed by atoms with van der Waals surface area (Å²) in [7, 11) is 0. The molecule has 142 valence electrons. The van der Waals surface area contributed by atoms with Gasteiger partial charge in [-0.3, -0.25) is 4.79 Å². The maximum absolute atomic E-state index is 15.4. The lowest BCUT2D eigenvalue weighted by Crippen LogP contribution is -2.32. The molecule has 9 heteroatoms. The Hall–Kier alpha value is -2.64. The van der Waals surface area contributed by atoms with Crippen LogP contribution in [0.5, 0.6) is 11.6 Å². The number of rotatable bonds is 2. The van der Waals surface area contributed by atoms with Crippen LogP contribution in [0.2, 0.25) is 10.2 Å². The maximum Gasteiger partial charge on any atom is 0.256 e. The highest BCUT2D eigenvalue weighted by molar-refractivity contribution is 6.33. The molecule has 2 N–H and O–H groups in total. The zero-order valence-corrected chi connectivity index (χ0v) is 15.9. The first kappa shape index (κ1) is 17.5. The second kappa shape index (κ2) is 6.46. The number of hydrogen-bond acceptors (Lipinski definition) is 4. The summed E-state index contributed by atoms with van der Waals surface area (Å²) in [6.45, 7) is 0.562. The van der Waals surface area contributed by atoms with Crippen LogP contribution in [-0.4, -0.2) is 27.4 Å². The van der Waals surface area contributed by atoms with Crippen molar-refractivity contribution in [3.05, 3.63) is 56.8 Å². The Morgan fingerprint density at radius 2 is 1.96 bits per heavy atom. The average molecular weight is 419 g/mol. The Balaban J connectivity index is 1.63. The van der Waals surface area contributed by atoms with Gasteiger partial charge in [-0.15, -0.1) is 0 Å². The van der Waals surface area contributed by atoms with Gasteiger partial charge >= 0.3 is 0 Å². The topological polar surface area (TPSA) is 79.9 Å². The van der Waals surface area contributed by atoms with Gasteiger partial charge in [-0.1, -0.05) is 23.2 Å². The minimum Gasteiger partial charge on any atom is -0.435 e. The molecule has 5 rings (SSSR count). The molecule has 3 aromatic heterocycles. The van der Waals surface area contributed by atoms with Gasteiger partial charge in [0.25, 0.3) is 11.8 Å². The van der Waals surface area contributed by atoms with E-state index in [9.17, 15) is 4.79 Å². The van der Waals surface area contributed by atoms with Gasteiger partial charge in [0, 0.05) is 36.5 Å². The van der Waals surface area contributed by atoms with Gasteiger partial charge in [-0.05, 0) is 24.0 Å². The van der Waals surface area contributed by atoms with Gasteiger partial charge in [0.15, 0.2) is 11.6 Å². The zero-order chi connectivity index (χ0) is 19.4. The highest BCUT2D eigenvalue weighted by Crippen LogP contribution is 2.41. The molecule has 0 atom stereocenters. The van der Waals surface area contributed by atoms with Crippen molar-refractivity contribution in [3.63, 3.8) is 0 Å². The number of carbonyl (C=O) groups excluding carboxylic acids is 1. The van der Waals surface area contributed by atoms with E-state index in [0.717, 1.165) is 16.8 Å². The van der Waals surface area contributed by atoms with Crippen molar-refractivity contribution in [1.82, 2.24) is 20.3 Å². The summed E-state index contributed by atoms with van der Waals surface area (Å²) in [5.74, 6) is -0.783. The molecule has 0 fully saturated rings. The minimum absolute atomic E-state index is 0.119. The predicted molar refractivity (Wildman–Crippen MR) is 102 cm³/mol. The Morgan fingerprint density at radius 1 is 1.11 bits per heavy atom. The van der Waals surface area contributed by atoms with E-state index in [1.54, 1.807) is 6.20 Å². The largest absolute Gasteiger partial charge is 0.435 e. The first-order valence-corrected chi connectivity index (χ1v) is 9.47. The monoisotopic (exact) mass is 418 g/mol. The van der Waals surface area contributed by atoms with Gasteiger partial charge in [-0.2, -0.15) is 0 Å². The van der Waals surface area contributed by atoms with E-state index >= 15 is 4.39 Å². The van der Waals surface area contributed by atoms with E-state index in [-0.39, 0.29) is 27.7 Å². The SMILES string of the molecule is O=C1NCCc2[nH]c3c(c21)CCc1cnc(Oc2cc(Cl)ncc2Cl)c(F)c1-3. The van der Waals surface area contributed by atoms with Crippen LogP contribution < -0.4 is 10.1 Å². The lowest BCUT2D eigenvalue weighted by Gasteiger charge is -2.19. The van der Waals surface area contributed by atoms with Crippen molar-refractivity contribution >= 4 is 29.1 Å². The van der Waals surface area contributed by atoms with Crippen LogP contribution >= 0.6 is 23.2 Å². The summed E-state index contributed by atoms with van der Waals surface area (Å²) in [5.41, 5.74) is 4.06. The van der Waals surface area contributed by atoms with Crippen LogP contribution in [0.15, 0.2) is 18.5 Å². The molecule has 0 saturated heterocycles. The highest BCUT2D eigenvalue weighted by atomic mass is 35.5. The van der Waals surface area contributed by atoms with Gasteiger partial charge < -0.3 is 15.0 Å². The van der Waals surface area contributed by atoms with Crippen molar-refractivity contribution in [3.8, 4) is 22.9 Å². The summed E-state index contributed by atoms with van der Waals surface area (Å²) in [6, 6.07) is 1.40. The Morgan fingerprint density at radius 3 is 2.82 bits per heavy atom. The summed E-state index contributed by atoms with van der Waals surface area (Å²) >= 11 is 11.9. The number of nitrogens with zero attached hydrogens (tertiary/aromatic N) is 2. The fourth-order valence-electron chi connectivity index (χ4n) is 3.79. The third-order valence-electron chi connectivity index (χ3n) is 5.02. The number of aromatic nitrogens is 3. The molecule has 3 aromatic rings. The molecule has 0 radical (unpaired) electrons. The van der Waals surface area contributed by atoms with E-state index < -0.39 is 5.82 Å². The van der Waals surface area contributed by atoms with Crippen LogP contribution in [-0.2, 0) is 19.3 Å². The average Bonchev–Trinajstić information content (AvgIpc) is 3.06. The summed E-state index contributed by atoms with van der Waals surface area (Å²) < 4.78 is 21.0. The predicted octanol–water partition coefficient (Wildman–Crippen LogP) is 4.09. The quantitative estimate of drug-likeness (QED) is 0.614. The Bertz CT molecular complexity index is 1150. The maximum atomic E-state index is 15.4. The van der Waals surface area contributed by atoms with Gasteiger partial charge in [0.1, 0.15) is 10.2 Å². The standard InChI is InChI=1S/C19H13Cl2FN4O2/c20-10-7-24-13(21)5-12(10)28-19-16(22)14-8(6-25-19)1-2-9-15-11(26-17(9)14)3-4-23-18(15)27/h5-7,26H,1-4H2,(H,23,27). The molecule has 6 nitrogen and oxygen atoms in total. The van der Waals surface area contributed by atoms with Crippen LogP contribution in [0.4, 0.5) is 4.39 Å². The molecule has 28 heavy (non-hydrogen) atoms. The van der Waals surface area contributed by atoms with Gasteiger partial charge in [-0.25, -0.2) is 14.4 Å². The van der Waals surface area contributed by atoms with E-state index in [4.69, 9.17) is 27.9 Å². The highest BCUT2D eigenvalue weighted by Gasteiger charge is 2.32. The minimum atomic E-state index is -0.610. The van der Waals surface area contributed by atoms with E-state index in [1.807, 2.05) is 0 Å². The molecule has 0 spiro atoms. The normalized spacial score (nSPS) is 14.8. The Kier molecular flexibility index (Phi) is 4.03. The van der Waals surface area contributed by atoms with Crippen LogP contribution in [0.1, 0.15) is 27.2 Å². The fourth-order valence-corrected chi connectivity index (χ4v) is 4.08. The van der Waals surface area contributed by atoms with Crippen molar-refractivity contribution < 1.29 is 13.9 Å². The molecule has 1 aliphatic heterocycles. The van der Waals surface area contributed by atoms with E-state index in [1.165, 1.54) is 12.3 Å². The van der Waals surface area contributed by atoms with Crippen molar-refractivity contribution in [2.75, 3.05) is 6.54 Å². The van der Waals surface area contributed by atoms with Crippen molar-refractivity contribution in [2.24, 2.45) is 0 Å². The number of aromatic amines is 1. The molecule has 0 saturated carbocycles. The number of hydrogen-bond donors (Lipinski definition) is 2. The molecule has 2 aliphatic rings. The van der Waals surface area contributed by atoms with Crippen LogP contribution in [0, 0.1) is 5.82 Å². The number of amides is 1. The number of ether oxygens (including phenoxy) is 1. The van der Waals surface area contributed by atoms with Crippen LogP contribution in [0.3, 0.4) is 0 Å². The fraction of sp³-hybridized carbons (Fsp3) is 0.211. The first-order valence-electron chi connectivity index (χ1n) is 8.71. The lowest BCUT2D eigenvalue weighted by molar-refractivity contribution is 0.0945. The van der Waals surface area contributed by atoms with E-state index in [0.29, 0.717) is 42.6 Å². The molecule has 1 aliphatic carbocycles. The van der Waals surface area contributed by atoms with Crippen LogP contribution in [0.25, 0.3) is 11.3 Å². The number of pyridine rings is 2.